The van der Waals surface area contributed by atoms with E-state index in [1.165, 1.54) is 7.11 Å². The zero-order valence-corrected chi connectivity index (χ0v) is 9.35. The molecule has 1 aliphatic heterocycles. The van der Waals surface area contributed by atoms with Gasteiger partial charge < -0.3 is 26.8 Å². The zero-order valence-electron chi connectivity index (χ0n) is 9.35. The molecular weight excluding hydrogens is 240 g/mol. The average molecular weight is 250 g/mol. The van der Waals surface area contributed by atoms with Crippen LogP contribution in [0.3, 0.4) is 0 Å². The molecule has 0 fully saturated rings. The third-order valence-corrected chi connectivity index (χ3v) is 2.15. The molecule has 0 aromatic carbocycles. The lowest BCUT2D eigenvalue weighted by Crippen LogP contribution is -2.28. The van der Waals surface area contributed by atoms with Gasteiger partial charge in [0.05, 0.1) is 13.2 Å². The fourth-order valence-corrected chi connectivity index (χ4v) is 1.35. The summed E-state index contributed by atoms with van der Waals surface area (Å²) in [5, 5.41) is 5.08. The van der Waals surface area contributed by atoms with Gasteiger partial charge in [0.15, 0.2) is 11.6 Å². The van der Waals surface area contributed by atoms with Crippen molar-refractivity contribution in [3.05, 3.63) is 11.8 Å². The standard InChI is InChI=1S/C9H10N6O3/c1-18-4(16)2-3-8(17)14-7-5(12-3)6(10)13-9(11)15-7/h2,12H,1H3,(H5,10,11,13,14,15,17)/b3-2+. The Morgan fingerprint density at radius 3 is 2.72 bits per heavy atom. The molecule has 94 valence electrons. The second-order valence-corrected chi connectivity index (χ2v) is 3.35. The van der Waals surface area contributed by atoms with Crippen LogP contribution in [0, 0.1) is 0 Å². The molecule has 0 aliphatic carbocycles. The topological polar surface area (TPSA) is 145 Å². The van der Waals surface area contributed by atoms with Crippen LogP contribution >= 0.6 is 0 Å². The second kappa shape index (κ2) is 4.20. The van der Waals surface area contributed by atoms with Crippen LogP contribution in [0.4, 0.5) is 23.3 Å². The summed E-state index contributed by atoms with van der Waals surface area (Å²) in [7, 11) is 1.20. The monoisotopic (exact) mass is 250 g/mol. The smallest absolute Gasteiger partial charge is 0.332 e. The molecule has 18 heavy (non-hydrogen) atoms. The highest BCUT2D eigenvalue weighted by Gasteiger charge is 2.24. The van der Waals surface area contributed by atoms with Crippen molar-refractivity contribution in [2.75, 3.05) is 29.2 Å². The van der Waals surface area contributed by atoms with E-state index in [-0.39, 0.29) is 29.0 Å². The van der Waals surface area contributed by atoms with Crippen LogP contribution < -0.4 is 22.1 Å². The number of nitrogen functional groups attached to an aromatic ring is 2. The lowest BCUT2D eigenvalue weighted by atomic mass is 10.2. The van der Waals surface area contributed by atoms with Gasteiger partial charge in [-0.25, -0.2) is 4.79 Å². The number of anilines is 4. The van der Waals surface area contributed by atoms with Crippen LogP contribution in [0.1, 0.15) is 0 Å². The number of aromatic nitrogens is 2. The maximum absolute atomic E-state index is 11.6. The first kappa shape index (κ1) is 11.6. The molecular formula is C9H10N6O3. The number of fused-ring (bicyclic) bond motifs is 1. The van der Waals surface area contributed by atoms with Crippen molar-refractivity contribution in [1.29, 1.82) is 0 Å². The Morgan fingerprint density at radius 2 is 2.06 bits per heavy atom. The third kappa shape index (κ3) is 2.00. The Morgan fingerprint density at radius 1 is 1.33 bits per heavy atom. The number of ether oxygens (including phenoxy) is 1. The summed E-state index contributed by atoms with van der Waals surface area (Å²) in [5.74, 6) is -1.06. The Balaban J connectivity index is 2.42. The molecule has 1 amide bonds. The van der Waals surface area contributed by atoms with Gasteiger partial charge >= 0.3 is 5.97 Å². The third-order valence-electron chi connectivity index (χ3n) is 2.15. The van der Waals surface area contributed by atoms with Gasteiger partial charge in [0.2, 0.25) is 5.95 Å². The van der Waals surface area contributed by atoms with Gasteiger partial charge in [0.25, 0.3) is 5.91 Å². The molecule has 2 heterocycles. The van der Waals surface area contributed by atoms with Crippen LogP contribution in [-0.2, 0) is 14.3 Å². The largest absolute Gasteiger partial charge is 0.466 e. The van der Waals surface area contributed by atoms with E-state index in [2.05, 4.69) is 25.3 Å². The maximum atomic E-state index is 11.6. The molecule has 0 atom stereocenters. The van der Waals surface area contributed by atoms with Crippen molar-refractivity contribution in [2.45, 2.75) is 0 Å². The SMILES string of the molecule is COC(=O)/C=C1/Nc2c(N)nc(N)nc2NC1=O. The molecule has 9 heteroatoms. The van der Waals surface area contributed by atoms with Gasteiger partial charge in [-0.1, -0.05) is 0 Å². The Hall–Kier alpha value is -2.84. The summed E-state index contributed by atoms with van der Waals surface area (Å²) in [4.78, 5) is 30.3. The van der Waals surface area contributed by atoms with Crippen molar-refractivity contribution in [2.24, 2.45) is 0 Å². The Kier molecular flexibility index (Phi) is 2.72. The minimum absolute atomic E-state index is 0.0191. The molecule has 1 aromatic rings. The van der Waals surface area contributed by atoms with Crippen LogP contribution in [0.2, 0.25) is 0 Å². The highest BCUT2D eigenvalue weighted by molar-refractivity contribution is 6.13. The normalized spacial score (nSPS) is 15.6. The number of hydrogen-bond acceptors (Lipinski definition) is 8. The molecule has 9 nitrogen and oxygen atoms in total. The molecule has 0 spiro atoms. The first-order valence-electron chi connectivity index (χ1n) is 4.82. The molecule has 0 radical (unpaired) electrons. The second-order valence-electron chi connectivity index (χ2n) is 3.35. The number of esters is 1. The van der Waals surface area contributed by atoms with Crippen LogP contribution in [0.5, 0.6) is 0 Å². The van der Waals surface area contributed by atoms with Crippen LogP contribution in [-0.4, -0.2) is 29.0 Å². The van der Waals surface area contributed by atoms with Crippen molar-refractivity contribution in [3.8, 4) is 0 Å². The number of amides is 1. The molecule has 2 rings (SSSR count). The molecule has 0 saturated heterocycles. The summed E-state index contributed by atoms with van der Waals surface area (Å²) in [6.45, 7) is 0. The van der Waals surface area contributed by atoms with E-state index in [0.29, 0.717) is 0 Å². The Labute approximate surface area is 101 Å². The van der Waals surface area contributed by atoms with E-state index >= 15 is 0 Å². The van der Waals surface area contributed by atoms with Crippen LogP contribution in [0.25, 0.3) is 0 Å². The van der Waals surface area contributed by atoms with E-state index in [1.807, 2.05) is 0 Å². The van der Waals surface area contributed by atoms with E-state index in [1.54, 1.807) is 0 Å². The number of methoxy groups -OCH3 is 1. The number of carbonyl (C=O) groups is 2. The molecule has 0 bridgehead atoms. The number of carbonyl (C=O) groups excluding carboxylic acids is 2. The van der Waals surface area contributed by atoms with E-state index in [0.717, 1.165) is 6.08 Å². The number of hydrogen-bond donors (Lipinski definition) is 4. The lowest BCUT2D eigenvalue weighted by molar-refractivity contribution is -0.135. The minimum atomic E-state index is -0.675. The average Bonchev–Trinajstić information content (AvgIpc) is 2.30. The van der Waals surface area contributed by atoms with Crippen molar-refractivity contribution in [1.82, 2.24) is 9.97 Å². The summed E-state index contributed by atoms with van der Waals surface area (Å²) in [6.07, 6.45) is 0.994. The van der Waals surface area contributed by atoms with Gasteiger partial charge in [-0.2, -0.15) is 9.97 Å². The lowest BCUT2D eigenvalue weighted by Gasteiger charge is -2.20. The fraction of sp³-hybridized carbons (Fsp3) is 0.111. The van der Waals surface area contributed by atoms with Crippen molar-refractivity contribution >= 4 is 35.1 Å². The summed E-state index contributed by atoms with van der Waals surface area (Å²) >= 11 is 0. The first-order chi connectivity index (χ1) is 8.51. The highest BCUT2D eigenvalue weighted by Crippen LogP contribution is 2.30. The first-order valence-corrected chi connectivity index (χ1v) is 4.82. The zero-order chi connectivity index (χ0) is 13.3. The van der Waals surface area contributed by atoms with Crippen molar-refractivity contribution < 1.29 is 14.3 Å². The van der Waals surface area contributed by atoms with Gasteiger partial charge in [0, 0.05) is 0 Å². The van der Waals surface area contributed by atoms with Crippen molar-refractivity contribution in [3.63, 3.8) is 0 Å². The fourth-order valence-electron chi connectivity index (χ4n) is 1.35. The summed E-state index contributed by atoms with van der Waals surface area (Å²) in [5.41, 5.74) is 11.3. The summed E-state index contributed by atoms with van der Waals surface area (Å²) in [6, 6.07) is 0. The number of nitrogens with zero attached hydrogens (tertiary/aromatic N) is 2. The highest BCUT2D eigenvalue weighted by atomic mass is 16.5. The number of rotatable bonds is 1. The summed E-state index contributed by atoms with van der Waals surface area (Å²) < 4.78 is 4.42. The predicted molar refractivity (Wildman–Crippen MR) is 63.2 cm³/mol. The van der Waals surface area contributed by atoms with Gasteiger partial charge in [0.1, 0.15) is 11.4 Å². The quantitative estimate of drug-likeness (QED) is 0.369. The van der Waals surface area contributed by atoms with Gasteiger partial charge in [-0.3, -0.25) is 4.79 Å². The van der Waals surface area contributed by atoms with E-state index in [4.69, 9.17) is 11.5 Å². The van der Waals surface area contributed by atoms with Crippen LogP contribution in [0.15, 0.2) is 11.8 Å². The molecule has 1 aromatic heterocycles. The number of nitrogens with two attached hydrogens (primary N) is 2. The molecule has 1 aliphatic rings. The predicted octanol–water partition coefficient (Wildman–Crippen LogP) is -0.938. The minimum Gasteiger partial charge on any atom is -0.466 e. The molecule has 0 unspecified atom stereocenters. The van der Waals surface area contributed by atoms with E-state index in [9.17, 15) is 9.59 Å². The molecule has 0 saturated carbocycles. The maximum Gasteiger partial charge on any atom is 0.332 e. The van der Waals surface area contributed by atoms with Gasteiger partial charge in [-0.15, -0.1) is 0 Å². The molecule has 6 N–H and O–H groups in total. The van der Waals surface area contributed by atoms with E-state index < -0.39 is 11.9 Å². The number of nitrogens with one attached hydrogen (secondary N) is 2. The van der Waals surface area contributed by atoms with Gasteiger partial charge in [-0.05, 0) is 0 Å². The Bertz CT molecular complexity index is 568.